The molecular weight excluding hydrogens is 162 g/mol. The molecule has 1 unspecified atom stereocenters. The predicted octanol–water partition coefficient (Wildman–Crippen LogP) is 2.87. The van der Waals surface area contributed by atoms with Crippen LogP contribution >= 0.6 is 0 Å². The van der Waals surface area contributed by atoms with E-state index in [0.717, 1.165) is 12.8 Å². The van der Waals surface area contributed by atoms with E-state index in [0.29, 0.717) is 0 Å². The highest BCUT2D eigenvalue weighted by Gasteiger charge is 2.21. The van der Waals surface area contributed by atoms with E-state index in [1.807, 2.05) is 0 Å². The molecule has 78 valence electrons. The Kier molecular flexibility index (Phi) is 5.76. The van der Waals surface area contributed by atoms with Crippen molar-refractivity contribution >= 4 is 5.91 Å². The molecule has 0 aliphatic carbocycles. The Bertz CT molecular complexity index is 156. The molecule has 0 aromatic rings. The molecule has 0 aromatic carbocycles. The standard InChI is InChI=1S/C11H23NO/c1-5-7-8-9-11(4,6-2)12-10(3)13/h5-9H2,1-4H3,(H,12,13). The first-order valence-corrected chi connectivity index (χ1v) is 5.33. The minimum atomic E-state index is 0.0149. The number of rotatable bonds is 6. The average Bonchev–Trinajstić information content (AvgIpc) is 2.04. The Morgan fingerprint density at radius 2 is 1.92 bits per heavy atom. The van der Waals surface area contributed by atoms with Crippen LogP contribution < -0.4 is 5.32 Å². The highest BCUT2D eigenvalue weighted by atomic mass is 16.1. The van der Waals surface area contributed by atoms with E-state index in [2.05, 4.69) is 26.1 Å². The molecule has 1 N–H and O–H groups in total. The molecule has 0 heterocycles. The molecule has 0 fully saturated rings. The topological polar surface area (TPSA) is 29.1 Å². The first-order valence-electron chi connectivity index (χ1n) is 5.33. The van der Waals surface area contributed by atoms with E-state index < -0.39 is 0 Å². The molecule has 0 aromatic heterocycles. The third-order valence-corrected chi connectivity index (χ3v) is 2.59. The van der Waals surface area contributed by atoms with Crippen LogP contribution in [0.5, 0.6) is 0 Å². The highest BCUT2D eigenvalue weighted by Crippen LogP contribution is 2.18. The average molecular weight is 185 g/mol. The summed E-state index contributed by atoms with van der Waals surface area (Å²) < 4.78 is 0. The zero-order chi connectivity index (χ0) is 10.3. The van der Waals surface area contributed by atoms with Crippen LogP contribution in [-0.2, 0) is 4.79 Å². The Hall–Kier alpha value is -0.530. The number of hydrogen-bond acceptors (Lipinski definition) is 1. The third kappa shape index (κ3) is 5.67. The van der Waals surface area contributed by atoms with E-state index in [-0.39, 0.29) is 11.4 Å². The van der Waals surface area contributed by atoms with Crippen molar-refractivity contribution in [3.8, 4) is 0 Å². The maximum Gasteiger partial charge on any atom is 0.217 e. The van der Waals surface area contributed by atoms with Gasteiger partial charge in [0.15, 0.2) is 0 Å². The second-order valence-corrected chi connectivity index (χ2v) is 4.05. The SMILES string of the molecule is CCCCCC(C)(CC)NC(C)=O. The molecular formula is C11H23NO. The smallest absolute Gasteiger partial charge is 0.217 e. The second-order valence-electron chi connectivity index (χ2n) is 4.05. The van der Waals surface area contributed by atoms with Crippen LogP contribution in [0.15, 0.2) is 0 Å². The molecule has 0 saturated heterocycles. The van der Waals surface area contributed by atoms with Crippen molar-refractivity contribution in [2.75, 3.05) is 0 Å². The fourth-order valence-corrected chi connectivity index (χ4v) is 1.52. The van der Waals surface area contributed by atoms with E-state index >= 15 is 0 Å². The van der Waals surface area contributed by atoms with Crippen molar-refractivity contribution in [3.05, 3.63) is 0 Å². The molecule has 0 aliphatic heterocycles. The summed E-state index contributed by atoms with van der Waals surface area (Å²) in [6.45, 7) is 8.04. The summed E-state index contributed by atoms with van der Waals surface area (Å²) in [6.07, 6.45) is 5.81. The molecule has 0 aliphatic rings. The number of unbranched alkanes of at least 4 members (excludes halogenated alkanes) is 2. The van der Waals surface area contributed by atoms with E-state index in [1.54, 1.807) is 6.92 Å². The number of carbonyl (C=O) groups is 1. The molecule has 0 rings (SSSR count). The minimum Gasteiger partial charge on any atom is -0.351 e. The monoisotopic (exact) mass is 185 g/mol. The van der Waals surface area contributed by atoms with Gasteiger partial charge in [-0.05, 0) is 19.8 Å². The summed E-state index contributed by atoms with van der Waals surface area (Å²) in [5.41, 5.74) is 0.0149. The van der Waals surface area contributed by atoms with Gasteiger partial charge in [-0.1, -0.05) is 33.1 Å². The van der Waals surface area contributed by atoms with Gasteiger partial charge in [-0.15, -0.1) is 0 Å². The summed E-state index contributed by atoms with van der Waals surface area (Å²) in [7, 11) is 0. The van der Waals surface area contributed by atoms with E-state index in [9.17, 15) is 4.79 Å². The molecule has 0 spiro atoms. The Morgan fingerprint density at radius 3 is 2.31 bits per heavy atom. The van der Waals surface area contributed by atoms with Crippen molar-refractivity contribution in [1.29, 1.82) is 0 Å². The van der Waals surface area contributed by atoms with Gasteiger partial charge in [0.25, 0.3) is 0 Å². The normalized spacial score (nSPS) is 15.1. The van der Waals surface area contributed by atoms with Crippen LogP contribution in [0, 0.1) is 0 Å². The first-order chi connectivity index (χ1) is 6.04. The highest BCUT2D eigenvalue weighted by molar-refractivity contribution is 5.73. The van der Waals surface area contributed by atoms with Gasteiger partial charge in [0.05, 0.1) is 0 Å². The van der Waals surface area contributed by atoms with Crippen molar-refractivity contribution in [3.63, 3.8) is 0 Å². The number of hydrogen-bond donors (Lipinski definition) is 1. The molecule has 2 heteroatoms. The quantitative estimate of drug-likeness (QED) is 0.633. The van der Waals surface area contributed by atoms with Crippen molar-refractivity contribution in [1.82, 2.24) is 5.32 Å². The summed E-state index contributed by atoms with van der Waals surface area (Å²) in [5, 5.41) is 3.03. The number of amides is 1. The van der Waals surface area contributed by atoms with Crippen LogP contribution in [0.2, 0.25) is 0 Å². The van der Waals surface area contributed by atoms with Gasteiger partial charge in [-0.25, -0.2) is 0 Å². The molecule has 0 radical (unpaired) electrons. The lowest BCUT2D eigenvalue weighted by atomic mass is 9.91. The van der Waals surface area contributed by atoms with Crippen LogP contribution in [0.1, 0.15) is 59.8 Å². The lowest BCUT2D eigenvalue weighted by Crippen LogP contribution is -2.44. The fraction of sp³-hybridized carbons (Fsp3) is 0.909. The molecule has 1 amide bonds. The predicted molar refractivity (Wildman–Crippen MR) is 56.7 cm³/mol. The lowest BCUT2D eigenvalue weighted by molar-refractivity contribution is -0.120. The zero-order valence-electron chi connectivity index (χ0n) is 9.44. The molecule has 2 nitrogen and oxygen atoms in total. The van der Waals surface area contributed by atoms with Gasteiger partial charge < -0.3 is 5.32 Å². The van der Waals surface area contributed by atoms with Gasteiger partial charge in [0, 0.05) is 12.5 Å². The number of carbonyl (C=O) groups excluding carboxylic acids is 1. The zero-order valence-corrected chi connectivity index (χ0v) is 9.44. The Labute approximate surface area is 82.1 Å². The Balaban J connectivity index is 3.88. The van der Waals surface area contributed by atoms with Crippen LogP contribution in [0.3, 0.4) is 0 Å². The van der Waals surface area contributed by atoms with Gasteiger partial charge in [0.1, 0.15) is 0 Å². The molecule has 1 atom stereocenters. The van der Waals surface area contributed by atoms with Crippen LogP contribution in [0.4, 0.5) is 0 Å². The van der Waals surface area contributed by atoms with Gasteiger partial charge in [-0.3, -0.25) is 4.79 Å². The summed E-state index contributed by atoms with van der Waals surface area (Å²) in [4.78, 5) is 10.9. The maximum absolute atomic E-state index is 10.9. The Morgan fingerprint density at radius 1 is 1.31 bits per heavy atom. The summed E-state index contributed by atoms with van der Waals surface area (Å²) >= 11 is 0. The maximum atomic E-state index is 10.9. The second kappa shape index (κ2) is 6.01. The summed E-state index contributed by atoms with van der Waals surface area (Å²) in [5.74, 6) is 0.0841. The summed E-state index contributed by atoms with van der Waals surface area (Å²) in [6, 6.07) is 0. The van der Waals surface area contributed by atoms with Gasteiger partial charge in [0.2, 0.25) is 5.91 Å². The minimum absolute atomic E-state index is 0.0149. The molecule has 0 bridgehead atoms. The van der Waals surface area contributed by atoms with Crippen molar-refractivity contribution in [2.45, 2.75) is 65.3 Å². The van der Waals surface area contributed by atoms with E-state index in [1.165, 1.54) is 19.3 Å². The molecule has 0 saturated carbocycles. The van der Waals surface area contributed by atoms with Crippen LogP contribution in [-0.4, -0.2) is 11.4 Å². The lowest BCUT2D eigenvalue weighted by Gasteiger charge is -2.29. The first kappa shape index (κ1) is 12.5. The van der Waals surface area contributed by atoms with Crippen molar-refractivity contribution < 1.29 is 4.79 Å². The third-order valence-electron chi connectivity index (χ3n) is 2.59. The molecule has 13 heavy (non-hydrogen) atoms. The van der Waals surface area contributed by atoms with E-state index in [4.69, 9.17) is 0 Å². The largest absolute Gasteiger partial charge is 0.351 e. The van der Waals surface area contributed by atoms with Gasteiger partial charge in [-0.2, -0.15) is 0 Å². The van der Waals surface area contributed by atoms with Crippen molar-refractivity contribution in [2.24, 2.45) is 0 Å². The number of nitrogens with one attached hydrogen (secondary N) is 1. The van der Waals surface area contributed by atoms with Gasteiger partial charge >= 0.3 is 0 Å². The van der Waals surface area contributed by atoms with Crippen LogP contribution in [0.25, 0.3) is 0 Å². The fourth-order valence-electron chi connectivity index (χ4n) is 1.52.